The van der Waals surface area contributed by atoms with Crippen LogP contribution in [-0.4, -0.2) is 24.6 Å². The van der Waals surface area contributed by atoms with Crippen molar-refractivity contribution in [2.24, 2.45) is 4.99 Å². The van der Waals surface area contributed by atoms with E-state index in [0.717, 1.165) is 18.9 Å². The second-order valence-corrected chi connectivity index (χ2v) is 2.07. The van der Waals surface area contributed by atoms with E-state index in [1.54, 1.807) is 12.6 Å². The Bertz CT molecular complexity index is 229. The molecule has 1 aromatic heterocycles. The first-order chi connectivity index (χ1) is 4.97. The number of anilines is 1. The fourth-order valence-electron chi connectivity index (χ4n) is 0.908. The topological polar surface area (TPSA) is 41.6 Å². The van der Waals surface area contributed by atoms with Crippen molar-refractivity contribution in [1.82, 2.24) is 5.16 Å². The second-order valence-electron chi connectivity index (χ2n) is 2.07. The van der Waals surface area contributed by atoms with Crippen LogP contribution >= 0.6 is 0 Å². The van der Waals surface area contributed by atoms with Gasteiger partial charge in [-0.2, -0.15) is 0 Å². The standard InChI is InChI=1S/C6H7N3O/c1-4-10-8-6(1)9-3-2-7-5-9/h1,4-5H,2-3H2. The number of hydrogen-bond acceptors (Lipinski definition) is 4. The largest absolute Gasteiger partial charge is 0.363 e. The van der Waals surface area contributed by atoms with Crippen molar-refractivity contribution < 1.29 is 4.52 Å². The van der Waals surface area contributed by atoms with Crippen molar-refractivity contribution in [2.75, 3.05) is 18.0 Å². The van der Waals surface area contributed by atoms with Gasteiger partial charge < -0.3 is 9.42 Å². The third-order valence-electron chi connectivity index (χ3n) is 1.41. The van der Waals surface area contributed by atoms with E-state index in [-0.39, 0.29) is 0 Å². The van der Waals surface area contributed by atoms with Gasteiger partial charge in [-0.25, -0.2) is 0 Å². The monoisotopic (exact) mass is 137 g/mol. The highest BCUT2D eigenvalue weighted by Gasteiger charge is 2.09. The SMILES string of the molecule is C1=NCCN1c1ccon1. The van der Waals surface area contributed by atoms with E-state index in [9.17, 15) is 0 Å². The molecule has 10 heavy (non-hydrogen) atoms. The Morgan fingerprint density at radius 3 is 3.20 bits per heavy atom. The molecule has 2 heterocycles. The average molecular weight is 137 g/mol. The number of aliphatic imine (C=N–C) groups is 1. The molecule has 4 heteroatoms. The number of nitrogens with zero attached hydrogens (tertiary/aromatic N) is 3. The molecule has 0 saturated carbocycles. The van der Waals surface area contributed by atoms with Crippen molar-refractivity contribution in [3.8, 4) is 0 Å². The van der Waals surface area contributed by atoms with Gasteiger partial charge in [0.2, 0.25) is 0 Å². The molecule has 0 bridgehead atoms. The molecule has 2 rings (SSSR count). The van der Waals surface area contributed by atoms with Gasteiger partial charge in [-0.05, 0) is 0 Å². The fraction of sp³-hybridized carbons (Fsp3) is 0.333. The fourth-order valence-corrected chi connectivity index (χ4v) is 0.908. The molecule has 0 saturated heterocycles. The molecule has 52 valence electrons. The lowest BCUT2D eigenvalue weighted by Crippen LogP contribution is -2.18. The van der Waals surface area contributed by atoms with E-state index in [0.29, 0.717) is 0 Å². The zero-order chi connectivity index (χ0) is 6.81. The van der Waals surface area contributed by atoms with Crippen LogP contribution in [-0.2, 0) is 0 Å². The molecule has 0 atom stereocenters. The van der Waals surface area contributed by atoms with E-state index in [1.807, 2.05) is 11.0 Å². The molecule has 0 amide bonds. The molecule has 4 nitrogen and oxygen atoms in total. The van der Waals surface area contributed by atoms with Gasteiger partial charge in [0.1, 0.15) is 6.26 Å². The van der Waals surface area contributed by atoms with Gasteiger partial charge in [0.05, 0.1) is 12.9 Å². The van der Waals surface area contributed by atoms with E-state index in [2.05, 4.69) is 14.7 Å². The minimum atomic E-state index is 0.834. The van der Waals surface area contributed by atoms with Crippen molar-refractivity contribution in [3.63, 3.8) is 0 Å². The summed E-state index contributed by atoms with van der Waals surface area (Å²) in [7, 11) is 0. The maximum absolute atomic E-state index is 4.67. The minimum Gasteiger partial charge on any atom is -0.363 e. The lowest BCUT2D eigenvalue weighted by molar-refractivity contribution is 0.421. The van der Waals surface area contributed by atoms with Crippen LogP contribution in [0.3, 0.4) is 0 Å². The van der Waals surface area contributed by atoms with Gasteiger partial charge in [0.15, 0.2) is 5.82 Å². The maximum Gasteiger partial charge on any atom is 0.177 e. The van der Waals surface area contributed by atoms with Crippen molar-refractivity contribution in [2.45, 2.75) is 0 Å². The summed E-state index contributed by atoms with van der Waals surface area (Å²) < 4.78 is 4.67. The van der Waals surface area contributed by atoms with E-state index in [1.165, 1.54) is 0 Å². The molecule has 0 N–H and O–H groups in total. The highest BCUT2D eigenvalue weighted by atomic mass is 16.5. The molecule has 0 unspecified atom stereocenters. The van der Waals surface area contributed by atoms with Crippen LogP contribution in [0.5, 0.6) is 0 Å². The lowest BCUT2D eigenvalue weighted by atomic mass is 10.5. The second kappa shape index (κ2) is 2.13. The summed E-state index contributed by atoms with van der Waals surface area (Å²) in [5.41, 5.74) is 0. The zero-order valence-electron chi connectivity index (χ0n) is 5.40. The molecular formula is C6H7N3O. The number of aromatic nitrogens is 1. The van der Waals surface area contributed by atoms with Crippen molar-refractivity contribution in [1.29, 1.82) is 0 Å². The summed E-state index contributed by atoms with van der Waals surface area (Å²) in [6.45, 7) is 1.76. The molecule has 1 aliphatic heterocycles. The summed E-state index contributed by atoms with van der Waals surface area (Å²) in [6, 6.07) is 1.82. The summed E-state index contributed by atoms with van der Waals surface area (Å²) in [5.74, 6) is 0.834. The first kappa shape index (κ1) is 5.46. The van der Waals surface area contributed by atoms with Crippen LogP contribution in [0.15, 0.2) is 21.8 Å². The van der Waals surface area contributed by atoms with Gasteiger partial charge in [-0.1, -0.05) is 5.16 Å². The van der Waals surface area contributed by atoms with Crippen LogP contribution in [0.1, 0.15) is 0 Å². The third kappa shape index (κ3) is 0.775. The van der Waals surface area contributed by atoms with Crippen molar-refractivity contribution >= 4 is 12.2 Å². The molecule has 0 aliphatic carbocycles. The number of hydrogen-bond donors (Lipinski definition) is 0. The molecule has 0 fully saturated rings. The van der Waals surface area contributed by atoms with E-state index in [4.69, 9.17) is 0 Å². The van der Waals surface area contributed by atoms with Gasteiger partial charge in [-0.3, -0.25) is 4.99 Å². The highest BCUT2D eigenvalue weighted by molar-refractivity contribution is 5.78. The minimum absolute atomic E-state index is 0.834. The molecule has 1 aliphatic rings. The van der Waals surface area contributed by atoms with Gasteiger partial charge in [0.25, 0.3) is 0 Å². The summed E-state index contributed by atoms with van der Waals surface area (Å²) in [5, 5.41) is 3.76. The van der Waals surface area contributed by atoms with Gasteiger partial charge in [0, 0.05) is 12.6 Å². The Morgan fingerprint density at radius 2 is 2.60 bits per heavy atom. The van der Waals surface area contributed by atoms with Crippen LogP contribution in [0, 0.1) is 0 Å². The van der Waals surface area contributed by atoms with Crippen molar-refractivity contribution in [3.05, 3.63) is 12.3 Å². The maximum atomic E-state index is 4.67. The Morgan fingerprint density at radius 1 is 1.60 bits per heavy atom. The molecule has 0 spiro atoms. The smallest absolute Gasteiger partial charge is 0.177 e. The van der Waals surface area contributed by atoms with Crippen LogP contribution < -0.4 is 4.90 Å². The number of rotatable bonds is 1. The Balaban J connectivity index is 2.20. The molecular weight excluding hydrogens is 130 g/mol. The summed E-state index contributed by atoms with van der Waals surface area (Å²) >= 11 is 0. The first-order valence-corrected chi connectivity index (χ1v) is 3.14. The van der Waals surface area contributed by atoms with E-state index >= 15 is 0 Å². The van der Waals surface area contributed by atoms with Crippen LogP contribution in [0.25, 0.3) is 0 Å². The van der Waals surface area contributed by atoms with Gasteiger partial charge in [-0.15, -0.1) is 0 Å². The Labute approximate surface area is 58.1 Å². The molecule has 0 aromatic carbocycles. The van der Waals surface area contributed by atoms with Gasteiger partial charge >= 0.3 is 0 Å². The zero-order valence-corrected chi connectivity index (χ0v) is 5.40. The normalized spacial score (nSPS) is 16.6. The molecule has 0 radical (unpaired) electrons. The predicted molar refractivity (Wildman–Crippen MR) is 37.2 cm³/mol. The summed E-state index contributed by atoms with van der Waals surface area (Å²) in [4.78, 5) is 5.99. The third-order valence-corrected chi connectivity index (χ3v) is 1.41. The van der Waals surface area contributed by atoms with Crippen LogP contribution in [0.4, 0.5) is 5.82 Å². The predicted octanol–water partition coefficient (Wildman–Crippen LogP) is 0.523. The Hall–Kier alpha value is -1.32. The first-order valence-electron chi connectivity index (χ1n) is 3.14. The average Bonchev–Trinajstić information content (AvgIpc) is 2.59. The quantitative estimate of drug-likeness (QED) is 0.566. The van der Waals surface area contributed by atoms with E-state index < -0.39 is 0 Å². The molecule has 1 aromatic rings. The lowest BCUT2D eigenvalue weighted by Gasteiger charge is -2.06. The van der Waals surface area contributed by atoms with Crippen LogP contribution in [0.2, 0.25) is 0 Å². The summed E-state index contributed by atoms with van der Waals surface area (Å²) in [6.07, 6.45) is 3.33. The highest BCUT2D eigenvalue weighted by Crippen LogP contribution is 2.09. The Kier molecular flexibility index (Phi) is 1.16.